The van der Waals surface area contributed by atoms with Crippen molar-refractivity contribution >= 4 is 23.6 Å². The van der Waals surface area contributed by atoms with Crippen molar-refractivity contribution in [2.75, 3.05) is 7.05 Å². The van der Waals surface area contributed by atoms with Crippen LogP contribution in [-0.4, -0.2) is 37.4 Å². The van der Waals surface area contributed by atoms with Gasteiger partial charge in [0.1, 0.15) is 5.15 Å². The van der Waals surface area contributed by atoms with Gasteiger partial charge in [0.05, 0.1) is 25.0 Å². The molecule has 2 aromatic heterocycles. The number of hydrogen-bond donors (Lipinski definition) is 0. The Morgan fingerprint density at radius 3 is 2.30 bits per heavy atom. The summed E-state index contributed by atoms with van der Waals surface area (Å²) in [4.78, 5) is 14.3. The average Bonchev–Trinajstić information content (AvgIpc) is 3.36. The van der Waals surface area contributed by atoms with Gasteiger partial charge in [-0.2, -0.15) is 10.2 Å². The number of rotatable bonds is 8. The maximum atomic E-state index is 12.7. The van der Waals surface area contributed by atoms with E-state index in [1.807, 2.05) is 66.3 Å². The minimum Gasteiger partial charge on any atom is -0.338 e. The smallest absolute Gasteiger partial charge is 0.246 e. The van der Waals surface area contributed by atoms with E-state index in [9.17, 15) is 4.79 Å². The van der Waals surface area contributed by atoms with Crippen LogP contribution in [0, 0.1) is 6.92 Å². The maximum absolute atomic E-state index is 12.7. The standard InChI is InChI=1S/C26H26ClN5O/c1-20-24(26(27)32(29-20)19-22-11-7-4-8-12-22)13-14-25(33)30(2)16-23-15-28-31(18-23)17-21-9-5-3-6-10-21/h3-15,18H,16-17,19H2,1-2H3. The number of aryl methyl sites for hydroxylation is 1. The molecule has 0 fully saturated rings. The predicted molar refractivity (Wildman–Crippen MR) is 131 cm³/mol. The SMILES string of the molecule is Cc1nn(Cc2ccccc2)c(Cl)c1C=CC(=O)N(C)Cc1cnn(Cc2ccccc2)c1. The molecule has 0 spiro atoms. The van der Waals surface area contributed by atoms with Crippen LogP contribution in [0.15, 0.2) is 79.1 Å². The number of likely N-dealkylation sites (N-methyl/N-ethyl adjacent to an activating group) is 1. The molecule has 0 saturated heterocycles. The molecule has 2 heterocycles. The quantitative estimate of drug-likeness (QED) is 0.355. The number of aromatic nitrogens is 4. The first kappa shape index (κ1) is 22.6. The van der Waals surface area contributed by atoms with Gasteiger partial charge < -0.3 is 4.90 Å². The van der Waals surface area contributed by atoms with Crippen molar-refractivity contribution in [3.05, 3.63) is 112 Å². The topological polar surface area (TPSA) is 56.0 Å². The highest BCUT2D eigenvalue weighted by Gasteiger charge is 2.13. The van der Waals surface area contributed by atoms with E-state index < -0.39 is 0 Å². The van der Waals surface area contributed by atoms with Crippen molar-refractivity contribution in [2.24, 2.45) is 0 Å². The highest BCUT2D eigenvalue weighted by Crippen LogP contribution is 2.22. The summed E-state index contributed by atoms with van der Waals surface area (Å²) in [5, 5.41) is 9.46. The van der Waals surface area contributed by atoms with Crippen LogP contribution in [0.25, 0.3) is 6.08 Å². The van der Waals surface area contributed by atoms with Crippen LogP contribution in [-0.2, 0) is 24.4 Å². The zero-order chi connectivity index (χ0) is 23.2. The summed E-state index contributed by atoms with van der Waals surface area (Å²) < 4.78 is 3.63. The molecule has 0 atom stereocenters. The van der Waals surface area contributed by atoms with Crippen LogP contribution in [0.3, 0.4) is 0 Å². The Labute approximate surface area is 198 Å². The summed E-state index contributed by atoms with van der Waals surface area (Å²) >= 11 is 6.55. The van der Waals surface area contributed by atoms with Crippen LogP contribution in [0.5, 0.6) is 0 Å². The Balaban J connectivity index is 1.37. The number of halogens is 1. The average molecular weight is 460 g/mol. The second kappa shape index (κ2) is 10.3. The van der Waals surface area contributed by atoms with Crippen LogP contribution in [0.4, 0.5) is 0 Å². The predicted octanol–water partition coefficient (Wildman–Crippen LogP) is 4.81. The summed E-state index contributed by atoms with van der Waals surface area (Å²) in [6, 6.07) is 20.2. The van der Waals surface area contributed by atoms with Crippen molar-refractivity contribution in [3.63, 3.8) is 0 Å². The number of amides is 1. The molecule has 168 valence electrons. The molecule has 0 saturated carbocycles. The highest BCUT2D eigenvalue weighted by atomic mass is 35.5. The van der Waals surface area contributed by atoms with Gasteiger partial charge in [0.15, 0.2) is 0 Å². The van der Waals surface area contributed by atoms with Crippen molar-refractivity contribution in [2.45, 2.75) is 26.6 Å². The van der Waals surface area contributed by atoms with Gasteiger partial charge in [-0.1, -0.05) is 72.3 Å². The molecule has 4 aromatic rings. The fourth-order valence-electron chi connectivity index (χ4n) is 3.60. The third-order valence-corrected chi connectivity index (χ3v) is 5.75. The molecule has 0 N–H and O–H groups in total. The van der Waals surface area contributed by atoms with Crippen molar-refractivity contribution in [1.82, 2.24) is 24.5 Å². The third kappa shape index (κ3) is 5.79. The van der Waals surface area contributed by atoms with E-state index in [1.54, 1.807) is 28.9 Å². The Morgan fingerprint density at radius 2 is 1.64 bits per heavy atom. The Bertz CT molecular complexity index is 1240. The van der Waals surface area contributed by atoms with Gasteiger partial charge in [-0.25, -0.2) is 4.68 Å². The molecule has 4 rings (SSSR count). The largest absolute Gasteiger partial charge is 0.338 e. The van der Waals surface area contributed by atoms with Crippen molar-refractivity contribution in [1.29, 1.82) is 0 Å². The first-order valence-corrected chi connectivity index (χ1v) is 11.1. The fraction of sp³-hybridized carbons (Fsp3) is 0.192. The molecule has 1 amide bonds. The summed E-state index contributed by atoms with van der Waals surface area (Å²) in [5.41, 5.74) is 4.80. The highest BCUT2D eigenvalue weighted by molar-refractivity contribution is 6.31. The molecule has 0 radical (unpaired) electrons. The molecule has 6 nitrogen and oxygen atoms in total. The van der Waals surface area contributed by atoms with Crippen molar-refractivity contribution in [3.8, 4) is 0 Å². The molecule has 0 aliphatic heterocycles. The van der Waals surface area contributed by atoms with Gasteiger partial charge in [-0.05, 0) is 24.1 Å². The third-order valence-electron chi connectivity index (χ3n) is 5.35. The lowest BCUT2D eigenvalue weighted by molar-refractivity contribution is -0.125. The molecule has 0 aliphatic rings. The zero-order valence-corrected chi connectivity index (χ0v) is 19.5. The van der Waals surface area contributed by atoms with Crippen LogP contribution < -0.4 is 0 Å². The molecule has 7 heteroatoms. The van der Waals surface area contributed by atoms with Gasteiger partial charge in [-0.15, -0.1) is 0 Å². The lowest BCUT2D eigenvalue weighted by atomic mass is 10.2. The number of hydrogen-bond acceptors (Lipinski definition) is 3. The lowest BCUT2D eigenvalue weighted by Gasteiger charge is -2.13. The van der Waals surface area contributed by atoms with Gasteiger partial charge in [0, 0.05) is 37.0 Å². The normalized spacial score (nSPS) is 11.2. The molecule has 0 unspecified atom stereocenters. The minimum absolute atomic E-state index is 0.114. The van der Waals surface area contributed by atoms with E-state index in [0.29, 0.717) is 24.8 Å². The minimum atomic E-state index is -0.114. The molecule has 33 heavy (non-hydrogen) atoms. The number of carbonyl (C=O) groups excluding carboxylic acids is 1. The second-order valence-corrected chi connectivity index (χ2v) is 8.35. The second-order valence-electron chi connectivity index (χ2n) is 7.99. The molecular weight excluding hydrogens is 434 g/mol. The van der Waals surface area contributed by atoms with Crippen LogP contribution >= 0.6 is 11.6 Å². The van der Waals surface area contributed by atoms with E-state index in [2.05, 4.69) is 22.3 Å². The molecule has 2 aromatic carbocycles. The van der Waals surface area contributed by atoms with Crippen LogP contribution in [0.2, 0.25) is 5.15 Å². The monoisotopic (exact) mass is 459 g/mol. The number of benzene rings is 2. The molecular formula is C26H26ClN5O. The van der Waals surface area contributed by atoms with E-state index in [1.165, 1.54) is 11.6 Å². The van der Waals surface area contributed by atoms with Gasteiger partial charge in [0.25, 0.3) is 0 Å². The summed E-state index contributed by atoms with van der Waals surface area (Å²) in [6.07, 6.45) is 7.04. The van der Waals surface area contributed by atoms with E-state index in [0.717, 1.165) is 22.4 Å². The number of carbonyl (C=O) groups is 1. The van der Waals surface area contributed by atoms with E-state index >= 15 is 0 Å². The Kier molecular flexibility index (Phi) is 7.05. The Morgan fingerprint density at radius 1 is 1.00 bits per heavy atom. The summed E-state index contributed by atoms with van der Waals surface area (Å²) in [6.45, 7) is 3.64. The van der Waals surface area contributed by atoms with Gasteiger partial charge in [0.2, 0.25) is 5.91 Å². The summed E-state index contributed by atoms with van der Waals surface area (Å²) in [7, 11) is 1.77. The van der Waals surface area contributed by atoms with E-state index in [4.69, 9.17) is 11.6 Å². The van der Waals surface area contributed by atoms with Crippen LogP contribution in [0.1, 0.15) is 27.9 Å². The van der Waals surface area contributed by atoms with Crippen molar-refractivity contribution < 1.29 is 4.79 Å². The van der Waals surface area contributed by atoms with Gasteiger partial charge >= 0.3 is 0 Å². The first-order valence-electron chi connectivity index (χ1n) is 10.7. The summed E-state index contributed by atoms with van der Waals surface area (Å²) in [5.74, 6) is -0.114. The molecule has 0 aliphatic carbocycles. The first-order chi connectivity index (χ1) is 16.0. The Hall–Kier alpha value is -3.64. The fourth-order valence-corrected chi connectivity index (χ4v) is 3.89. The zero-order valence-electron chi connectivity index (χ0n) is 18.7. The lowest BCUT2D eigenvalue weighted by Crippen LogP contribution is -2.23. The van der Waals surface area contributed by atoms with E-state index in [-0.39, 0.29) is 5.91 Å². The van der Waals surface area contributed by atoms with Gasteiger partial charge in [-0.3, -0.25) is 9.48 Å². The maximum Gasteiger partial charge on any atom is 0.246 e. The molecule has 0 bridgehead atoms. The number of nitrogens with zero attached hydrogens (tertiary/aromatic N) is 5.